The van der Waals surface area contributed by atoms with Crippen LogP contribution in [0.4, 0.5) is 0 Å². The molecule has 0 aromatic heterocycles. The third-order valence-electron chi connectivity index (χ3n) is 10.4. The molecule has 1 atom stereocenters. The molecule has 0 bridgehead atoms. The first kappa shape index (κ1) is 52.0. The summed E-state index contributed by atoms with van der Waals surface area (Å²) >= 11 is 0. The predicted molar refractivity (Wildman–Crippen MR) is 221 cm³/mol. The van der Waals surface area contributed by atoms with Gasteiger partial charge in [-0.1, -0.05) is 226 Å². The van der Waals surface area contributed by atoms with Crippen molar-refractivity contribution in [3.8, 4) is 0 Å². The monoisotopic (exact) mass is 775 g/mol. The van der Waals surface area contributed by atoms with Crippen LogP contribution in [0.3, 0.4) is 0 Å². The molecule has 0 aliphatic carbocycles. The van der Waals surface area contributed by atoms with Crippen LogP contribution in [0.5, 0.6) is 0 Å². The second kappa shape index (κ2) is 40.7. The van der Waals surface area contributed by atoms with E-state index in [9.17, 15) is 14.2 Å². The maximum Gasteiger partial charge on any atom is 0.469 e. The Hall–Kier alpha value is -0.950. The summed E-state index contributed by atoms with van der Waals surface area (Å²) in [6.07, 6.45) is 44.0. The Labute approximate surface area is 327 Å². The van der Waals surface area contributed by atoms with Gasteiger partial charge in [0.25, 0.3) is 0 Å². The van der Waals surface area contributed by atoms with Crippen LogP contribution in [0, 0.1) is 0 Å². The maximum absolute atomic E-state index is 12.4. The summed E-state index contributed by atoms with van der Waals surface area (Å²) in [6, 6.07) is 0. The topological polar surface area (TPSA) is 119 Å². The normalized spacial score (nSPS) is 12.3. The van der Waals surface area contributed by atoms with Crippen LogP contribution in [-0.2, 0) is 28.2 Å². The predicted octanol–water partition coefficient (Wildman–Crippen LogP) is 14.0. The smallest absolute Gasteiger partial charge is 0.462 e. The van der Waals surface area contributed by atoms with Gasteiger partial charge in [0.1, 0.15) is 6.61 Å². The van der Waals surface area contributed by atoms with Crippen molar-refractivity contribution in [1.29, 1.82) is 0 Å². The Bertz CT molecular complexity index is 832. The van der Waals surface area contributed by atoms with Gasteiger partial charge in [-0.3, -0.25) is 14.1 Å². The molecule has 0 aliphatic rings. The molecular formula is C44H87O8P. The highest BCUT2D eigenvalue weighted by atomic mass is 31.2. The fourth-order valence-corrected chi connectivity index (χ4v) is 7.32. The van der Waals surface area contributed by atoms with Gasteiger partial charge in [-0.05, 0) is 12.8 Å². The van der Waals surface area contributed by atoms with Gasteiger partial charge in [-0.25, -0.2) is 4.57 Å². The van der Waals surface area contributed by atoms with Crippen molar-refractivity contribution in [2.24, 2.45) is 0 Å². The molecule has 0 aromatic rings. The molecule has 0 aromatic carbocycles. The van der Waals surface area contributed by atoms with Gasteiger partial charge in [0.15, 0.2) is 6.10 Å². The van der Waals surface area contributed by atoms with Crippen molar-refractivity contribution < 1.29 is 37.9 Å². The Kier molecular flexibility index (Phi) is 40.0. The Morgan fingerprint density at radius 3 is 0.962 bits per heavy atom. The van der Waals surface area contributed by atoms with E-state index in [4.69, 9.17) is 19.3 Å². The number of phosphoric ester groups is 1. The molecule has 0 unspecified atom stereocenters. The lowest BCUT2D eigenvalue weighted by Gasteiger charge is -2.18. The lowest BCUT2D eigenvalue weighted by atomic mass is 10.0. The van der Waals surface area contributed by atoms with E-state index in [0.717, 1.165) is 32.1 Å². The fraction of sp³-hybridized carbons (Fsp3) is 0.955. The molecule has 2 N–H and O–H groups in total. The van der Waals surface area contributed by atoms with E-state index >= 15 is 0 Å². The number of hydrogen-bond acceptors (Lipinski definition) is 6. The van der Waals surface area contributed by atoms with Gasteiger partial charge < -0.3 is 19.3 Å². The highest BCUT2D eigenvalue weighted by Crippen LogP contribution is 2.36. The molecule has 0 rings (SSSR count). The van der Waals surface area contributed by atoms with Crippen molar-refractivity contribution in [3.63, 3.8) is 0 Å². The Morgan fingerprint density at radius 1 is 0.415 bits per heavy atom. The van der Waals surface area contributed by atoms with Gasteiger partial charge in [0.05, 0.1) is 6.61 Å². The first-order chi connectivity index (χ1) is 25.8. The molecule has 53 heavy (non-hydrogen) atoms. The van der Waals surface area contributed by atoms with Crippen LogP contribution in [0.1, 0.15) is 251 Å². The summed E-state index contributed by atoms with van der Waals surface area (Å²) in [5.41, 5.74) is 0. The number of carbonyl (C=O) groups excluding carboxylic acids is 2. The molecule has 0 radical (unpaired) electrons. The lowest BCUT2D eigenvalue weighted by molar-refractivity contribution is -0.161. The second-order valence-electron chi connectivity index (χ2n) is 15.7. The zero-order valence-electron chi connectivity index (χ0n) is 34.9. The quantitative estimate of drug-likeness (QED) is 0.0357. The maximum atomic E-state index is 12.4. The number of hydrogen-bond donors (Lipinski definition) is 2. The first-order valence-corrected chi connectivity index (χ1v) is 24.4. The third-order valence-corrected chi connectivity index (χ3v) is 10.9. The summed E-state index contributed by atoms with van der Waals surface area (Å²) in [6.45, 7) is 3.73. The van der Waals surface area contributed by atoms with Crippen molar-refractivity contribution in [2.75, 3.05) is 13.2 Å². The highest BCUT2D eigenvalue weighted by molar-refractivity contribution is 7.46. The van der Waals surface area contributed by atoms with E-state index < -0.39 is 32.5 Å². The van der Waals surface area contributed by atoms with Gasteiger partial charge in [0, 0.05) is 12.8 Å². The summed E-state index contributed by atoms with van der Waals surface area (Å²) in [5.74, 6) is -0.864. The van der Waals surface area contributed by atoms with E-state index in [1.807, 2.05) is 0 Å². The fourth-order valence-electron chi connectivity index (χ4n) is 6.96. The minimum atomic E-state index is -4.75. The van der Waals surface area contributed by atoms with E-state index in [2.05, 4.69) is 18.4 Å². The van der Waals surface area contributed by atoms with Gasteiger partial charge in [0.2, 0.25) is 0 Å². The van der Waals surface area contributed by atoms with E-state index in [1.54, 1.807) is 0 Å². The lowest BCUT2D eigenvalue weighted by Crippen LogP contribution is -2.29. The summed E-state index contributed by atoms with van der Waals surface area (Å²) in [7, 11) is -4.75. The number of carbonyl (C=O) groups is 2. The van der Waals surface area contributed by atoms with E-state index in [-0.39, 0.29) is 19.4 Å². The second-order valence-corrected chi connectivity index (χ2v) is 17.0. The molecule has 9 heteroatoms. The molecule has 0 spiro atoms. The van der Waals surface area contributed by atoms with Crippen LogP contribution in [0.25, 0.3) is 0 Å². The first-order valence-electron chi connectivity index (χ1n) is 22.8. The number of ether oxygens (including phenoxy) is 2. The molecule has 0 heterocycles. The standard InChI is InChI=1S/C44H87O8P/c1-3-5-7-9-11-13-15-17-19-21-23-24-26-28-30-32-34-36-38-43(45)50-40-42(41-51-53(47,48)49)52-44(46)39-37-35-33-31-29-27-25-22-20-18-16-14-12-10-8-6-4-2/h42H,3-41H2,1-2H3,(H2,47,48,49)/t42-/m1/s1. The zero-order chi connectivity index (χ0) is 38.9. The van der Waals surface area contributed by atoms with E-state index in [0.29, 0.717) is 6.42 Å². The average molecular weight is 775 g/mol. The molecule has 0 aliphatic heterocycles. The van der Waals surface area contributed by atoms with Crippen LogP contribution in [0.15, 0.2) is 0 Å². The molecule has 316 valence electrons. The third kappa shape index (κ3) is 43.6. The molecule has 0 saturated heterocycles. The summed E-state index contributed by atoms with van der Waals surface area (Å²) < 4.78 is 26.5. The van der Waals surface area contributed by atoms with Crippen LogP contribution >= 0.6 is 7.82 Å². The minimum absolute atomic E-state index is 0.221. The van der Waals surface area contributed by atoms with Gasteiger partial charge in [-0.2, -0.15) is 0 Å². The van der Waals surface area contributed by atoms with Crippen molar-refractivity contribution in [2.45, 2.75) is 258 Å². The van der Waals surface area contributed by atoms with Crippen LogP contribution in [0.2, 0.25) is 0 Å². The van der Waals surface area contributed by atoms with Crippen molar-refractivity contribution in [3.05, 3.63) is 0 Å². The van der Waals surface area contributed by atoms with Crippen molar-refractivity contribution in [1.82, 2.24) is 0 Å². The Morgan fingerprint density at radius 2 is 0.679 bits per heavy atom. The number of rotatable bonds is 43. The summed E-state index contributed by atoms with van der Waals surface area (Å²) in [4.78, 5) is 42.9. The van der Waals surface area contributed by atoms with Crippen LogP contribution in [-0.4, -0.2) is 41.0 Å². The van der Waals surface area contributed by atoms with Gasteiger partial charge >= 0.3 is 19.8 Å². The van der Waals surface area contributed by atoms with E-state index in [1.165, 1.54) is 186 Å². The number of phosphoric acid groups is 1. The minimum Gasteiger partial charge on any atom is -0.462 e. The van der Waals surface area contributed by atoms with Crippen molar-refractivity contribution >= 4 is 19.8 Å². The number of esters is 2. The molecular weight excluding hydrogens is 687 g/mol. The Balaban J connectivity index is 3.81. The average Bonchev–Trinajstić information content (AvgIpc) is 3.13. The van der Waals surface area contributed by atoms with Crippen LogP contribution < -0.4 is 0 Å². The summed E-state index contributed by atoms with van der Waals surface area (Å²) in [5, 5.41) is 0. The zero-order valence-corrected chi connectivity index (χ0v) is 35.8. The molecule has 0 fully saturated rings. The van der Waals surface area contributed by atoms with Gasteiger partial charge in [-0.15, -0.1) is 0 Å². The molecule has 0 saturated carbocycles. The SMILES string of the molecule is CCCCCCCCCCCCCCCCCCCCC(=O)OC[C@H](COP(=O)(O)O)OC(=O)CCCCCCCCCCCCCCCCCCC. The largest absolute Gasteiger partial charge is 0.469 e. The molecule has 8 nitrogen and oxygen atoms in total. The molecule has 0 amide bonds. The highest BCUT2D eigenvalue weighted by Gasteiger charge is 2.23. The number of unbranched alkanes of at least 4 members (excludes halogenated alkanes) is 33.